The van der Waals surface area contributed by atoms with Gasteiger partial charge in [-0.05, 0) is 24.3 Å². The molecule has 2 aromatic rings. The predicted molar refractivity (Wildman–Crippen MR) is 75.6 cm³/mol. The van der Waals surface area contributed by atoms with E-state index in [9.17, 15) is 9.59 Å². The van der Waals surface area contributed by atoms with Crippen molar-refractivity contribution in [3.8, 4) is 0 Å². The SMILES string of the molecule is O=C(OOCCOOC(=O)c1ccccc1)c1ccccc1. The Morgan fingerprint density at radius 1 is 0.636 bits per heavy atom. The highest BCUT2D eigenvalue weighted by atomic mass is 17.2. The summed E-state index contributed by atoms with van der Waals surface area (Å²) in [6, 6.07) is 16.8. The highest BCUT2D eigenvalue weighted by Gasteiger charge is 2.08. The summed E-state index contributed by atoms with van der Waals surface area (Å²) < 4.78 is 0. The molecule has 0 unspecified atom stereocenters. The fraction of sp³-hybridized carbons (Fsp3) is 0.125. The topological polar surface area (TPSA) is 71.1 Å². The number of carbonyl (C=O) groups excluding carboxylic acids is 2. The molecule has 0 aromatic heterocycles. The van der Waals surface area contributed by atoms with Crippen LogP contribution in [0.4, 0.5) is 0 Å². The molecule has 0 saturated heterocycles. The number of carbonyl (C=O) groups is 2. The average molecular weight is 302 g/mol. The van der Waals surface area contributed by atoms with Crippen molar-refractivity contribution in [3.05, 3.63) is 71.8 Å². The van der Waals surface area contributed by atoms with Crippen molar-refractivity contribution in [2.45, 2.75) is 0 Å². The molecule has 6 heteroatoms. The Morgan fingerprint density at radius 3 is 1.36 bits per heavy atom. The van der Waals surface area contributed by atoms with Crippen LogP contribution in [0.2, 0.25) is 0 Å². The number of benzene rings is 2. The Hall–Kier alpha value is -2.70. The lowest BCUT2D eigenvalue weighted by molar-refractivity contribution is -0.290. The molecule has 22 heavy (non-hydrogen) atoms. The van der Waals surface area contributed by atoms with Gasteiger partial charge in [0.25, 0.3) is 0 Å². The van der Waals surface area contributed by atoms with Gasteiger partial charge in [-0.15, -0.1) is 0 Å². The average Bonchev–Trinajstić information content (AvgIpc) is 2.59. The highest BCUT2D eigenvalue weighted by Crippen LogP contribution is 2.02. The van der Waals surface area contributed by atoms with Crippen molar-refractivity contribution in [1.29, 1.82) is 0 Å². The van der Waals surface area contributed by atoms with Crippen LogP contribution in [0.3, 0.4) is 0 Å². The van der Waals surface area contributed by atoms with Crippen LogP contribution in [0, 0.1) is 0 Å². The van der Waals surface area contributed by atoms with Crippen LogP contribution in [-0.2, 0) is 19.6 Å². The molecule has 0 aliphatic carbocycles. The van der Waals surface area contributed by atoms with Crippen LogP contribution in [0.1, 0.15) is 20.7 Å². The molecule has 0 atom stereocenters. The minimum absolute atomic E-state index is 0.0688. The second-order valence-corrected chi connectivity index (χ2v) is 4.12. The molecule has 0 aliphatic rings. The highest BCUT2D eigenvalue weighted by molar-refractivity contribution is 5.89. The van der Waals surface area contributed by atoms with Crippen LogP contribution in [0.25, 0.3) is 0 Å². The third-order valence-electron chi connectivity index (χ3n) is 2.54. The minimum Gasteiger partial charge on any atom is -0.293 e. The lowest BCUT2D eigenvalue weighted by atomic mass is 10.2. The summed E-state index contributed by atoms with van der Waals surface area (Å²) in [5.41, 5.74) is 0.748. The minimum atomic E-state index is -0.609. The first kappa shape index (κ1) is 15.7. The van der Waals surface area contributed by atoms with Gasteiger partial charge in [0.1, 0.15) is 13.2 Å². The molecule has 114 valence electrons. The van der Waals surface area contributed by atoms with E-state index in [1.54, 1.807) is 60.7 Å². The number of rotatable bonds is 7. The smallest absolute Gasteiger partial charge is 0.293 e. The summed E-state index contributed by atoms with van der Waals surface area (Å²) in [4.78, 5) is 41.5. The lowest BCUT2D eigenvalue weighted by Gasteiger charge is -2.04. The van der Waals surface area contributed by atoms with E-state index in [2.05, 4.69) is 19.6 Å². The second kappa shape index (κ2) is 8.56. The molecule has 0 radical (unpaired) electrons. The Bertz CT molecular complexity index is 541. The standard InChI is InChI=1S/C16H14O6/c17-15(13-7-3-1-4-8-13)21-19-11-12-20-22-16(18)14-9-5-2-6-10-14/h1-10H,11-12H2. The van der Waals surface area contributed by atoms with E-state index in [0.717, 1.165) is 0 Å². The third kappa shape index (κ3) is 5.01. The Kier molecular flexibility index (Phi) is 6.10. The van der Waals surface area contributed by atoms with Gasteiger partial charge in [-0.2, -0.15) is 9.78 Å². The molecule has 6 nitrogen and oxygen atoms in total. The van der Waals surface area contributed by atoms with Crippen molar-refractivity contribution in [2.24, 2.45) is 0 Å². The van der Waals surface area contributed by atoms with Crippen LogP contribution >= 0.6 is 0 Å². The first-order chi connectivity index (χ1) is 10.8. The van der Waals surface area contributed by atoms with Gasteiger partial charge < -0.3 is 0 Å². The normalized spacial score (nSPS) is 10.0. The van der Waals surface area contributed by atoms with Gasteiger partial charge in [0.05, 0.1) is 11.1 Å². The summed E-state index contributed by atoms with van der Waals surface area (Å²) in [5.74, 6) is -1.22. The zero-order valence-electron chi connectivity index (χ0n) is 11.6. The Morgan fingerprint density at radius 2 is 1.00 bits per heavy atom. The maximum absolute atomic E-state index is 11.5. The summed E-state index contributed by atoms with van der Waals surface area (Å²) in [7, 11) is 0. The van der Waals surface area contributed by atoms with Crippen molar-refractivity contribution in [1.82, 2.24) is 0 Å². The monoisotopic (exact) mass is 302 g/mol. The van der Waals surface area contributed by atoms with Gasteiger partial charge in [-0.1, -0.05) is 36.4 Å². The van der Waals surface area contributed by atoms with Gasteiger partial charge in [0.15, 0.2) is 0 Å². The first-order valence-electron chi connectivity index (χ1n) is 6.55. The maximum Gasteiger partial charge on any atom is 0.373 e. The molecule has 2 aromatic carbocycles. The van der Waals surface area contributed by atoms with Crippen molar-refractivity contribution < 1.29 is 29.1 Å². The van der Waals surface area contributed by atoms with E-state index in [1.807, 2.05) is 0 Å². The van der Waals surface area contributed by atoms with E-state index in [4.69, 9.17) is 0 Å². The van der Waals surface area contributed by atoms with Crippen LogP contribution in [-0.4, -0.2) is 25.2 Å². The van der Waals surface area contributed by atoms with Crippen molar-refractivity contribution >= 4 is 11.9 Å². The molecule has 0 heterocycles. The van der Waals surface area contributed by atoms with E-state index >= 15 is 0 Å². The maximum atomic E-state index is 11.5. The fourth-order valence-electron chi connectivity index (χ4n) is 1.50. The molecule has 2 rings (SSSR count). The van der Waals surface area contributed by atoms with Gasteiger partial charge in [-0.25, -0.2) is 9.59 Å². The van der Waals surface area contributed by atoms with Crippen LogP contribution in [0.5, 0.6) is 0 Å². The quantitative estimate of drug-likeness (QED) is 0.445. The molecule has 0 N–H and O–H groups in total. The van der Waals surface area contributed by atoms with Crippen molar-refractivity contribution in [3.63, 3.8) is 0 Å². The number of hydrogen-bond acceptors (Lipinski definition) is 6. The summed E-state index contributed by atoms with van der Waals surface area (Å²) in [6.07, 6.45) is 0. The van der Waals surface area contributed by atoms with Crippen LogP contribution in [0.15, 0.2) is 60.7 Å². The Labute approximate surface area is 127 Å². The lowest BCUT2D eigenvalue weighted by Crippen LogP contribution is -2.12. The molecule has 0 saturated carbocycles. The Balaban J connectivity index is 1.58. The molecular formula is C16H14O6. The zero-order chi connectivity index (χ0) is 15.6. The molecule has 0 fully saturated rings. The van der Waals surface area contributed by atoms with E-state index < -0.39 is 11.9 Å². The van der Waals surface area contributed by atoms with E-state index in [-0.39, 0.29) is 13.2 Å². The zero-order valence-corrected chi connectivity index (χ0v) is 11.6. The largest absolute Gasteiger partial charge is 0.373 e. The van der Waals surface area contributed by atoms with Gasteiger partial charge in [0, 0.05) is 0 Å². The van der Waals surface area contributed by atoms with Gasteiger partial charge in [0.2, 0.25) is 0 Å². The first-order valence-corrected chi connectivity index (χ1v) is 6.55. The van der Waals surface area contributed by atoms with Gasteiger partial charge >= 0.3 is 11.9 Å². The number of hydrogen-bond donors (Lipinski definition) is 0. The molecule has 0 amide bonds. The molecule has 0 aliphatic heterocycles. The molecule has 0 bridgehead atoms. The van der Waals surface area contributed by atoms with Crippen LogP contribution < -0.4 is 0 Å². The third-order valence-corrected chi connectivity index (χ3v) is 2.54. The molecular weight excluding hydrogens is 288 g/mol. The van der Waals surface area contributed by atoms with E-state index in [0.29, 0.717) is 11.1 Å². The predicted octanol–water partition coefficient (Wildman–Crippen LogP) is 2.56. The second-order valence-electron chi connectivity index (χ2n) is 4.12. The molecule has 0 spiro atoms. The van der Waals surface area contributed by atoms with E-state index in [1.165, 1.54) is 0 Å². The summed E-state index contributed by atoms with van der Waals surface area (Å²) in [6.45, 7) is -0.138. The summed E-state index contributed by atoms with van der Waals surface area (Å²) in [5, 5.41) is 0. The fourth-order valence-corrected chi connectivity index (χ4v) is 1.50. The van der Waals surface area contributed by atoms with Crippen molar-refractivity contribution in [2.75, 3.05) is 13.2 Å². The summed E-state index contributed by atoms with van der Waals surface area (Å²) >= 11 is 0. The van der Waals surface area contributed by atoms with Gasteiger partial charge in [-0.3, -0.25) is 9.78 Å².